The molecule has 0 heterocycles. The van der Waals surface area contributed by atoms with E-state index in [1.54, 1.807) is 35.9 Å². The fraction of sp³-hybridized carbons (Fsp3) is 0.200. The summed E-state index contributed by atoms with van der Waals surface area (Å²) in [6, 6.07) is 17.9. The van der Waals surface area contributed by atoms with Crippen molar-refractivity contribution in [2.45, 2.75) is 21.9 Å². The minimum atomic E-state index is 0. The van der Waals surface area contributed by atoms with E-state index >= 15 is 0 Å². The molecule has 3 heteroatoms. The number of fused-ring (bicyclic) bond motifs is 4. The predicted octanol–water partition coefficient (Wildman–Crippen LogP) is -0.827. The molecule has 5 rings (SSSR count). The first-order chi connectivity index (χ1) is 10.3. The summed E-state index contributed by atoms with van der Waals surface area (Å²) < 4.78 is 0.453. The molecule has 0 radical (unpaired) electrons. The Balaban J connectivity index is 0.000000781. The molecule has 0 aromatic heterocycles. The summed E-state index contributed by atoms with van der Waals surface area (Å²) in [7, 11) is 0. The van der Waals surface area contributed by atoms with Crippen molar-refractivity contribution < 1.29 is 49.5 Å². The van der Waals surface area contributed by atoms with E-state index in [2.05, 4.69) is 60.7 Å². The minimum absolute atomic E-state index is 0. The van der Waals surface area contributed by atoms with Gasteiger partial charge in [0.15, 0.2) is 0 Å². The number of benzene rings is 2. The van der Waals surface area contributed by atoms with Crippen LogP contribution in [0.4, 0.5) is 0 Å². The van der Waals surface area contributed by atoms with Crippen LogP contribution in [0.1, 0.15) is 29.9 Å². The topological polar surface area (TPSA) is 0 Å². The van der Waals surface area contributed by atoms with E-state index in [1.165, 1.54) is 35.1 Å². The molecule has 23 heavy (non-hydrogen) atoms. The van der Waals surface area contributed by atoms with Crippen LogP contribution in [-0.4, -0.2) is 0 Å². The van der Waals surface area contributed by atoms with Gasteiger partial charge in [-0.15, -0.1) is 0 Å². The molecule has 1 saturated carbocycles. The summed E-state index contributed by atoms with van der Waals surface area (Å²) in [5, 5.41) is 0. The van der Waals surface area contributed by atoms with Gasteiger partial charge in [0, 0.05) is 0 Å². The molecule has 1 atom stereocenters. The van der Waals surface area contributed by atoms with Crippen LogP contribution in [0.5, 0.6) is 0 Å². The molecular weight excluding hydrogens is 402 g/mol. The van der Waals surface area contributed by atoms with Crippen molar-refractivity contribution in [3.63, 3.8) is 0 Å². The van der Waals surface area contributed by atoms with E-state index in [1.807, 2.05) is 0 Å². The Morgan fingerprint density at radius 2 is 1.43 bits per heavy atom. The van der Waals surface area contributed by atoms with Crippen molar-refractivity contribution in [3.8, 4) is 11.1 Å². The predicted molar refractivity (Wildman–Crippen MR) is 81.8 cm³/mol. The first-order valence-electron chi connectivity index (χ1n) is 7.64. The Morgan fingerprint density at radius 1 is 0.870 bits per heavy atom. The van der Waals surface area contributed by atoms with Crippen LogP contribution in [0.25, 0.3) is 11.1 Å². The van der Waals surface area contributed by atoms with Gasteiger partial charge in [0.05, 0.1) is 0 Å². The molecule has 2 aromatic rings. The fourth-order valence-corrected chi connectivity index (χ4v) is 5.37. The van der Waals surface area contributed by atoms with Crippen molar-refractivity contribution in [1.29, 1.82) is 0 Å². The number of halogens is 2. The van der Waals surface area contributed by atoms with E-state index in [0.29, 0.717) is 9.04 Å². The van der Waals surface area contributed by atoms with E-state index in [-0.39, 0.29) is 24.8 Å². The van der Waals surface area contributed by atoms with Gasteiger partial charge in [0.2, 0.25) is 0 Å². The van der Waals surface area contributed by atoms with Gasteiger partial charge in [-0.1, -0.05) is 0 Å². The molecule has 3 aliphatic carbocycles. The Kier molecular flexibility index (Phi) is 4.51. The van der Waals surface area contributed by atoms with Gasteiger partial charge in [-0.2, -0.15) is 0 Å². The Labute approximate surface area is 164 Å². The number of hydrogen-bond donors (Lipinski definition) is 0. The number of hydrogen-bond acceptors (Lipinski definition) is 0. The fourth-order valence-electron chi connectivity index (χ4n) is 4.20. The van der Waals surface area contributed by atoms with E-state index in [4.69, 9.17) is 0 Å². The second-order valence-corrected chi connectivity index (χ2v) is 8.54. The van der Waals surface area contributed by atoms with Crippen LogP contribution < -0.4 is 24.8 Å². The summed E-state index contributed by atoms with van der Waals surface area (Å²) in [5.41, 5.74) is 9.17. The number of rotatable bonds is 1. The van der Waals surface area contributed by atoms with Gasteiger partial charge in [-0.25, -0.2) is 0 Å². The van der Waals surface area contributed by atoms with Crippen molar-refractivity contribution in [2.75, 3.05) is 0 Å². The zero-order chi connectivity index (χ0) is 14.0. The third-order valence-electron chi connectivity index (χ3n) is 5.35. The molecule has 0 bridgehead atoms. The monoisotopic (exact) mass is 415 g/mol. The average Bonchev–Trinajstić information content (AvgIpc) is 2.95. The molecule has 1 fully saturated rings. The first-order valence-corrected chi connectivity index (χ1v) is 8.87. The number of allylic oxidation sites excluding steroid dienone is 4. The van der Waals surface area contributed by atoms with E-state index in [0.717, 1.165) is 0 Å². The van der Waals surface area contributed by atoms with Gasteiger partial charge in [-0.3, -0.25) is 0 Å². The standard InChI is InChI=1S/C20H15.2ClH.Zr/c1-3-7-17-15(5-1)16-6-2-4-8-18(16)20(17)19-12-10-13-9-11-14(13)19;;;/h1-8,10,12,20H,9,11H2;2*1H;/q;;;+2/p-2. The summed E-state index contributed by atoms with van der Waals surface area (Å²) >= 11 is 1.66. The van der Waals surface area contributed by atoms with E-state index in [9.17, 15) is 0 Å². The Bertz CT molecular complexity index is 792. The maximum absolute atomic E-state index is 2.48. The van der Waals surface area contributed by atoms with Gasteiger partial charge < -0.3 is 24.8 Å². The third kappa shape index (κ3) is 2.28. The summed E-state index contributed by atoms with van der Waals surface area (Å²) in [4.78, 5) is 0. The van der Waals surface area contributed by atoms with Crippen molar-refractivity contribution in [1.82, 2.24) is 0 Å². The molecule has 1 unspecified atom stereocenters. The molecule has 3 aliphatic rings. The molecule has 0 amide bonds. The molecule has 0 aliphatic heterocycles. The molecule has 113 valence electrons. The third-order valence-corrected chi connectivity index (χ3v) is 7.11. The summed E-state index contributed by atoms with van der Waals surface area (Å²) in [6.45, 7) is 0. The van der Waals surface area contributed by atoms with Crippen molar-refractivity contribution in [2.24, 2.45) is 0 Å². The molecule has 0 N–H and O–H groups in total. The Morgan fingerprint density at radius 3 is 1.91 bits per heavy atom. The first kappa shape index (κ1) is 17.2. The molecular formula is C20H15Cl2Zr. The van der Waals surface area contributed by atoms with Gasteiger partial charge >= 0.3 is 141 Å². The van der Waals surface area contributed by atoms with Gasteiger partial charge in [0.1, 0.15) is 0 Å². The van der Waals surface area contributed by atoms with Gasteiger partial charge in [0.25, 0.3) is 0 Å². The van der Waals surface area contributed by atoms with Crippen LogP contribution in [0.3, 0.4) is 0 Å². The molecule has 0 spiro atoms. The Hall–Kier alpha value is -0.617. The second-order valence-electron chi connectivity index (χ2n) is 6.35. The second kappa shape index (κ2) is 6.03. The maximum atomic E-state index is 2.48. The average molecular weight is 417 g/mol. The molecule has 0 nitrogen and oxygen atoms in total. The SMILES string of the molecule is [Cl-].[Cl-].[Zr+2][C]12C=CC(C3c4ccccc4-c4ccccc43)=C1CC2. The van der Waals surface area contributed by atoms with Crippen LogP contribution in [-0.2, 0) is 24.7 Å². The summed E-state index contributed by atoms with van der Waals surface area (Å²) in [6.07, 6.45) is 7.56. The van der Waals surface area contributed by atoms with Crippen LogP contribution in [0.2, 0.25) is 3.12 Å². The zero-order valence-corrected chi connectivity index (χ0v) is 16.5. The summed E-state index contributed by atoms with van der Waals surface area (Å²) in [5.74, 6) is 0.464. The van der Waals surface area contributed by atoms with Crippen LogP contribution in [0, 0.1) is 0 Å². The van der Waals surface area contributed by atoms with Gasteiger partial charge in [-0.05, 0) is 0 Å². The molecule has 2 aromatic carbocycles. The molecule has 0 saturated heterocycles. The normalized spacial score (nSPS) is 23.4. The quantitative estimate of drug-likeness (QED) is 0.569. The van der Waals surface area contributed by atoms with Crippen LogP contribution in [0.15, 0.2) is 71.8 Å². The zero-order valence-electron chi connectivity index (χ0n) is 12.5. The van der Waals surface area contributed by atoms with E-state index < -0.39 is 0 Å². The van der Waals surface area contributed by atoms with Crippen molar-refractivity contribution >= 4 is 0 Å². The van der Waals surface area contributed by atoms with Crippen molar-refractivity contribution in [3.05, 3.63) is 83.0 Å². The van der Waals surface area contributed by atoms with Crippen LogP contribution >= 0.6 is 0 Å².